The molecule has 3 aromatic carbocycles. The first-order valence-corrected chi connectivity index (χ1v) is 11.9. The Morgan fingerprint density at radius 3 is 2.25 bits per heavy atom. The molecule has 0 saturated heterocycles. The molecule has 5 aromatic rings. The first kappa shape index (κ1) is 23.2. The Bertz CT molecular complexity index is 1570. The van der Waals surface area contributed by atoms with Gasteiger partial charge < -0.3 is 9.88 Å². The largest absolute Gasteiger partial charge is 0.326 e. The van der Waals surface area contributed by atoms with Gasteiger partial charge in [-0.05, 0) is 38.0 Å². The molecule has 0 saturated carbocycles. The van der Waals surface area contributed by atoms with Crippen LogP contribution < -0.4 is 10.9 Å². The lowest BCUT2D eigenvalue weighted by molar-refractivity contribution is -0.116. The zero-order chi connectivity index (χ0) is 25.1. The van der Waals surface area contributed by atoms with E-state index in [1.807, 2.05) is 103 Å². The molecule has 180 valence electrons. The average molecular weight is 478 g/mol. The Morgan fingerprint density at radius 2 is 1.56 bits per heavy atom. The van der Waals surface area contributed by atoms with Crippen molar-refractivity contribution >= 4 is 17.4 Å². The molecule has 7 nitrogen and oxygen atoms in total. The summed E-state index contributed by atoms with van der Waals surface area (Å²) < 4.78 is 3.37. The van der Waals surface area contributed by atoms with E-state index in [0.717, 1.165) is 28.1 Å². The summed E-state index contributed by atoms with van der Waals surface area (Å²) in [7, 11) is 0. The number of amides is 1. The van der Waals surface area contributed by atoms with Crippen LogP contribution in [0.25, 0.3) is 17.2 Å². The number of aryl methyl sites for hydroxylation is 1. The minimum atomic E-state index is -0.246. The van der Waals surface area contributed by atoms with Crippen molar-refractivity contribution in [1.29, 1.82) is 0 Å². The van der Waals surface area contributed by atoms with Gasteiger partial charge in [-0.2, -0.15) is 9.50 Å². The summed E-state index contributed by atoms with van der Waals surface area (Å²) in [5.41, 5.74) is 4.88. The van der Waals surface area contributed by atoms with Gasteiger partial charge in [-0.15, -0.1) is 5.10 Å². The van der Waals surface area contributed by atoms with Crippen LogP contribution in [-0.2, 0) is 17.8 Å². The van der Waals surface area contributed by atoms with Crippen molar-refractivity contribution in [3.63, 3.8) is 0 Å². The van der Waals surface area contributed by atoms with E-state index in [0.29, 0.717) is 30.1 Å². The molecule has 0 radical (unpaired) electrons. The van der Waals surface area contributed by atoms with Crippen molar-refractivity contribution in [2.45, 2.75) is 33.2 Å². The van der Waals surface area contributed by atoms with Gasteiger partial charge in [0.25, 0.3) is 5.56 Å². The molecule has 0 aliphatic rings. The molecule has 0 unspecified atom stereocenters. The molecule has 5 rings (SSSR count). The van der Waals surface area contributed by atoms with Gasteiger partial charge in [0, 0.05) is 28.9 Å². The van der Waals surface area contributed by atoms with Crippen molar-refractivity contribution in [3.05, 3.63) is 118 Å². The Hall–Kier alpha value is -4.52. The fraction of sp³-hybridized carbons (Fsp3) is 0.172. The van der Waals surface area contributed by atoms with Gasteiger partial charge in [-0.3, -0.25) is 9.59 Å². The quantitative estimate of drug-likeness (QED) is 0.365. The minimum absolute atomic E-state index is 0.143. The SMILES string of the molecule is Cc1ccc(NC(=O)CCc2c(C)n(Cc3ccccc3)c3nc(-c4ccccc4)nn3c2=O)cc1. The molecule has 1 amide bonds. The van der Waals surface area contributed by atoms with Gasteiger partial charge in [-0.25, -0.2) is 0 Å². The van der Waals surface area contributed by atoms with E-state index in [1.165, 1.54) is 4.52 Å². The number of nitrogens with one attached hydrogen (secondary N) is 1. The molecule has 2 heterocycles. The highest BCUT2D eigenvalue weighted by Crippen LogP contribution is 2.19. The lowest BCUT2D eigenvalue weighted by Gasteiger charge is -2.15. The predicted molar refractivity (Wildman–Crippen MR) is 141 cm³/mol. The number of fused-ring (bicyclic) bond motifs is 1. The van der Waals surface area contributed by atoms with Crippen LogP contribution in [0.5, 0.6) is 0 Å². The summed E-state index contributed by atoms with van der Waals surface area (Å²) in [6.07, 6.45) is 0.481. The standard InChI is InChI=1S/C29H27N5O2/c1-20-13-15-24(16-14-20)30-26(35)18-17-25-21(2)33(19-22-9-5-3-6-10-22)29-31-27(32-34(29)28(25)36)23-11-7-4-8-12-23/h3-16H,17-19H2,1-2H3,(H,30,35). The van der Waals surface area contributed by atoms with Crippen molar-refractivity contribution in [1.82, 2.24) is 19.2 Å². The Balaban J connectivity index is 1.51. The van der Waals surface area contributed by atoms with Crippen LogP contribution >= 0.6 is 0 Å². The lowest BCUT2D eigenvalue weighted by atomic mass is 10.1. The molecular formula is C29H27N5O2. The molecule has 0 fully saturated rings. The van der Waals surface area contributed by atoms with E-state index >= 15 is 0 Å². The van der Waals surface area contributed by atoms with E-state index in [-0.39, 0.29) is 17.9 Å². The highest BCUT2D eigenvalue weighted by Gasteiger charge is 2.19. The molecule has 1 N–H and O–H groups in total. The van der Waals surface area contributed by atoms with E-state index in [4.69, 9.17) is 4.98 Å². The van der Waals surface area contributed by atoms with Crippen LogP contribution in [0.4, 0.5) is 5.69 Å². The van der Waals surface area contributed by atoms with Crippen LogP contribution in [0.1, 0.15) is 28.8 Å². The first-order chi connectivity index (χ1) is 17.5. The Kier molecular flexibility index (Phi) is 6.45. The van der Waals surface area contributed by atoms with E-state index in [2.05, 4.69) is 10.4 Å². The van der Waals surface area contributed by atoms with Crippen molar-refractivity contribution in [2.24, 2.45) is 0 Å². The molecule has 0 aliphatic heterocycles. The second-order valence-corrected chi connectivity index (χ2v) is 8.87. The number of nitrogens with zero attached hydrogens (tertiary/aromatic N) is 4. The van der Waals surface area contributed by atoms with Crippen LogP contribution in [0.2, 0.25) is 0 Å². The van der Waals surface area contributed by atoms with Gasteiger partial charge in [0.2, 0.25) is 11.7 Å². The molecule has 0 spiro atoms. The minimum Gasteiger partial charge on any atom is -0.326 e. The average Bonchev–Trinajstić information content (AvgIpc) is 3.35. The monoisotopic (exact) mass is 477 g/mol. The third kappa shape index (κ3) is 4.81. The summed E-state index contributed by atoms with van der Waals surface area (Å²) in [4.78, 5) is 30.9. The molecule has 36 heavy (non-hydrogen) atoms. The maximum atomic E-state index is 13.5. The normalized spacial score (nSPS) is 11.1. The number of rotatable bonds is 7. The Labute approximate surface area is 209 Å². The van der Waals surface area contributed by atoms with Crippen molar-refractivity contribution < 1.29 is 4.79 Å². The molecule has 0 atom stereocenters. The third-order valence-corrected chi connectivity index (χ3v) is 6.28. The molecule has 7 heteroatoms. The zero-order valence-corrected chi connectivity index (χ0v) is 20.3. The van der Waals surface area contributed by atoms with E-state index in [9.17, 15) is 9.59 Å². The number of hydrogen-bond acceptors (Lipinski definition) is 4. The number of carbonyl (C=O) groups excluding carboxylic acids is 1. The number of anilines is 1. The summed E-state index contributed by atoms with van der Waals surface area (Å²) in [5, 5.41) is 7.47. The van der Waals surface area contributed by atoms with Gasteiger partial charge >= 0.3 is 0 Å². The van der Waals surface area contributed by atoms with E-state index in [1.54, 1.807) is 0 Å². The van der Waals surface area contributed by atoms with Crippen molar-refractivity contribution in [2.75, 3.05) is 5.32 Å². The fourth-order valence-corrected chi connectivity index (χ4v) is 4.26. The van der Waals surface area contributed by atoms with Crippen LogP contribution in [0, 0.1) is 13.8 Å². The van der Waals surface area contributed by atoms with Crippen LogP contribution in [0.15, 0.2) is 89.7 Å². The number of aromatic nitrogens is 4. The molecule has 2 aromatic heterocycles. The zero-order valence-electron chi connectivity index (χ0n) is 20.3. The molecule has 0 aliphatic carbocycles. The second-order valence-electron chi connectivity index (χ2n) is 8.87. The highest BCUT2D eigenvalue weighted by molar-refractivity contribution is 5.90. The van der Waals surface area contributed by atoms with Gasteiger partial charge in [0.05, 0.1) is 6.54 Å². The maximum Gasteiger partial charge on any atom is 0.279 e. The number of hydrogen-bond donors (Lipinski definition) is 1. The molecular weight excluding hydrogens is 450 g/mol. The highest BCUT2D eigenvalue weighted by atomic mass is 16.1. The van der Waals surface area contributed by atoms with Crippen LogP contribution in [0.3, 0.4) is 0 Å². The fourth-order valence-electron chi connectivity index (χ4n) is 4.26. The lowest BCUT2D eigenvalue weighted by Crippen LogP contribution is -2.27. The third-order valence-electron chi connectivity index (χ3n) is 6.28. The smallest absolute Gasteiger partial charge is 0.279 e. The Morgan fingerprint density at radius 1 is 0.889 bits per heavy atom. The van der Waals surface area contributed by atoms with Crippen LogP contribution in [-0.4, -0.2) is 25.1 Å². The van der Waals surface area contributed by atoms with E-state index < -0.39 is 0 Å². The van der Waals surface area contributed by atoms with Gasteiger partial charge in [0.1, 0.15) is 0 Å². The summed E-state index contributed by atoms with van der Waals surface area (Å²) >= 11 is 0. The summed E-state index contributed by atoms with van der Waals surface area (Å²) in [6, 6.07) is 27.3. The summed E-state index contributed by atoms with van der Waals surface area (Å²) in [5.74, 6) is 0.826. The first-order valence-electron chi connectivity index (χ1n) is 11.9. The van der Waals surface area contributed by atoms with Gasteiger partial charge in [0.15, 0.2) is 5.82 Å². The number of carbonyl (C=O) groups is 1. The molecule has 0 bridgehead atoms. The predicted octanol–water partition coefficient (Wildman–Crippen LogP) is 4.79. The topological polar surface area (TPSA) is 81.3 Å². The number of benzene rings is 3. The maximum absolute atomic E-state index is 13.5. The second kappa shape index (κ2) is 10.00. The summed E-state index contributed by atoms with van der Waals surface area (Å²) in [6.45, 7) is 4.44. The van der Waals surface area contributed by atoms with Gasteiger partial charge in [-0.1, -0.05) is 78.4 Å². The van der Waals surface area contributed by atoms with Crippen molar-refractivity contribution in [3.8, 4) is 11.4 Å².